The number of aliphatic carboxylic acids is 1. The van der Waals surface area contributed by atoms with E-state index in [9.17, 15) is 14.7 Å². The fraction of sp³-hybridized carbons (Fsp3) is 0.889. The van der Waals surface area contributed by atoms with Crippen LogP contribution in [0.3, 0.4) is 0 Å². The Morgan fingerprint density at radius 1 is 0.913 bits per heavy atom. The standard InChI is InChI=1S/C18H36N2O3/c1-4-5-6-7-8-9-10-11-12-13-17(21)19-14-15-20(2,3)16-18(22)23/h4-16H2,1-3H3,(H-,19,21,22,23). The van der Waals surface area contributed by atoms with Crippen LogP contribution in [0.5, 0.6) is 0 Å². The summed E-state index contributed by atoms with van der Waals surface area (Å²) in [5.74, 6) is -0.989. The number of nitrogens with zero attached hydrogens (tertiary/aromatic N) is 1. The molecule has 1 amide bonds. The average Bonchev–Trinajstić information content (AvgIpc) is 2.44. The molecule has 0 fully saturated rings. The number of hydrogen-bond acceptors (Lipinski definition) is 3. The molecular formula is C18H36N2O3. The van der Waals surface area contributed by atoms with Crippen LogP contribution in [0.4, 0.5) is 0 Å². The van der Waals surface area contributed by atoms with Crippen LogP contribution in [-0.2, 0) is 9.59 Å². The van der Waals surface area contributed by atoms with Crippen LogP contribution in [0.1, 0.15) is 71.1 Å². The van der Waals surface area contributed by atoms with Crippen LogP contribution in [0.25, 0.3) is 0 Å². The maximum Gasteiger partial charge on any atom is 0.220 e. The smallest absolute Gasteiger partial charge is 0.220 e. The fourth-order valence-corrected chi connectivity index (χ4v) is 2.61. The summed E-state index contributed by atoms with van der Waals surface area (Å²) in [5.41, 5.74) is 0. The number of hydrogen-bond donors (Lipinski definition) is 1. The summed E-state index contributed by atoms with van der Waals surface area (Å²) in [6.07, 6.45) is 11.8. The number of carboxylic acid groups (broad SMARTS) is 1. The minimum atomic E-state index is -1.06. The van der Waals surface area contributed by atoms with Gasteiger partial charge in [0.2, 0.25) is 5.91 Å². The minimum absolute atomic E-state index is 0.0336. The summed E-state index contributed by atoms with van der Waals surface area (Å²) in [7, 11) is 3.64. The Balaban J connectivity index is 3.45. The predicted molar refractivity (Wildman–Crippen MR) is 91.7 cm³/mol. The highest BCUT2D eigenvalue weighted by atomic mass is 16.4. The van der Waals surface area contributed by atoms with Crippen LogP contribution in [0, 0.1) is 0 Å². The van der Waals surface area contributed by atoms with Crippen molar-refractivity contribution in [2.45, 2.75) is 71.1 Å². The Morgan fingerprint density at radius 3 is 1.96 bits per heavy atom. The number of carboxylic acids is 1. The van der Waals surface area contributed by atoms with E-state index < -0.39 is 5.97 Å². The first kappa shape index (κ1) is 21.9. The van der Waals surface area contributed by atoms with Crippen LogP contribution >= 0.6 is 0 Å². The molecule has 0 atom stereocenters. The van der Waals surface area contributed by atoms with Crippen LogP contribution in [0.2, 0.25) is 0 Å². The molecule has 0 aromatic rings. The molecule has 0 saturated heterocycles. The number of likely N-dealkylation sites (N-methyl/N-ethyl adjacent to an activating group) is 1. The zero-order valence-electron chi connectivity index (χ0n) is 15.4. The number of carbonyl (C=O) groups is 2. The van der Waals surface area contributed by atoms with E-state index in [0.29, 0.717) is 24.0 Å². The van der Waals surface area contributed by atoms with Gasteiger partial charge in [0.05, 0.1) is 33.2 Å². The zero-order valence-corrected chi connectivity index (χ0v) is 15.4. The van der Waals surface area contributed by atoms with Crippen molar-refractivity contribution >= 4 is 11.9 Å². The van der Waals surface area contributed by atoms with Crippen molar-refractivity contribution in [3.63, 3.8) is 0 Å². The fourth-order valence-electron chi connectivity index (χ4n) is 2.61. The molecule has 0 spiro atoms. The SMILES string of the molecule is CCCCCCCCCCCC(=O)NCC[N+](C)(C)CC(=O)[O-]. The van der Waals surface area contributed by atoms with Gasteiger partial charge in [-0.25, -0.2) is 0 Å². The molecule has 0 heterocycles. The van der Waals surface area contributed by atoms with E-state index >= 15 is 0 Å². The molecule has 0 aliphatic heterocycles. The number of carbonyl (C=O) groups excluding carboxylic acids is 2. The van der Waals surface area contributed by atoms with Gasteiger partial charge in [-0.05, 0) is 6.42 Å². The summed E-state index contributed by atoms with van der Waals surface area (Å²) in [4.78, 5) is 22.3. The first-order valence-corrected chi connectivity index (χ1v) is 9.16. The third-order valence-electron chi connectivity index (χ3n) is 4.10. The summed E-state index contributed by atoms with van der Waals surface area (Å²) >= 11 is 0. The van der Waals surface area contributed by atoms with Crippen molar-refractivity contribution in [2.75, 3.05) is 33.7 Å². The van der Waals surface area contributed by atoms with Crippen molar-refractivity contribution in [2.24, 2.45) is 0 Å². The molecule has 0 aliphatic carbocycles. The molecule has 23 heavy (non-hydrogen) atoms. The molecule has 1 N–H and O–H groups in total. The molecule has 0 saturated carbocycles. The first-order chi connectivity index (χ1) is 10.9. The maximum absolute atomic E-state index is 11.7. The lowest BCUT2D eigenvalue weighted by molar-refractivity contribution is -0.883. The quantitative estimate of drug-likeness (QED) is 0.368. The first-order valence-electron chi connectivity index (χ1n) is 9.16. The molecule has 0 bridgehead atoms. The third kappa shape index (κ3) is 15.6. The highest BCUT2D eigenvalue weighted by Gasteiger charge is 2.15. The van der Waals surface area contributed by atoms with Gasteiger partial charge >= 0.3 is 0 Å². The van der Waals surface area contributed by atoms with E-state index in [1.54, 1.807) is 0 Å². The van der Waals surface area contributed by atoms with E-state index in [4.69, 9.17) is 0 Å². The van der Waals surface area contributed by atoms with E-state index in [0.717, 1.165) is 12.8 Å². The van der Waals surface area contributed by atoms with E-state index in [-0.39, 0.29) is 12.5 Å². The van der Waals surface area contributed by atoms with Crippen molar-refractivity contribution in [1.82, 2.24) is 5.32 Å². The second-order valence-corrected chi connectivity index (χ2v) is 7.12. The molecule has 0 aliphatic rings. The highest BCUT2D eigenvalue weighted by Crippen LogP contribution is 2.10. The summed E-state index contributed by atoms with van der Waals surface area (Å²) in [5, 5.41) is 13.5. The molecular weight excluding hydrogens is 292 g/mol. The van der Waals surface area contributed by atoms with Gasteiger partial charge in [0.15, 0.2) is 0 Å². The molecule has 0 rings (SSSR count). The number of unbranched alkanes of at least 4 members (excludes halogenated alkanes) is 8. The average molecular weight is 328 g/mol. The maximum atomic E-state index is 11.7. The van der Waals surface area contributed by atoms with Crippen molar-refractivity contribution < 1.29 is 19.2 Å². The van der Waals surface area contributed by atoms with Gasteiger partial charge in [-0.2, -0.15) is 0 Å². The minimum Gasteiger partial charge on any atom is -0.544 e. The van der Waals surface area contributed by atoms with Gasteiger partial charge in [-0.3, -0.25) is 4.79 Å². The van der Waals surface area contributed by atoms with Crippen LogP contribution < -0.4 is 10.4 Å². The van der Waals surface area contributed by atoms with Crippen molar-refractivity contribution in [1.29, 1.82) is 0 Å². The van der Waals surface area contributed by atoms with E-state index in [1.807, 2.05) is 14.1 Å². The molecule has 0 aromatic carbocycles. The van der Waals surface area contributed by atoms with E-state index in [2.05, 4.69) is 12.2 Å². The summed E-state index contributed by atoms with van der Waals surface area (Å²) < 4.78 is 0.320. The molecule has 0 aromatic heterocycles. The monoisotopic (exact) mass is 328 g/mol. The summed E-state index contributed by atoms with van der Waals surface area (Å²) in [6, 6.07) is 0. The Labute approximate surface area is 142 Å². The molecule has 5 nitrogen and oxygen atoms in total. The summed E-state index contributed by atoms with van der Waals surface area (Å²) in [6.45, 7) is 3.30. The van der Waals surface area contributed by atoms with Gasteiger partial charge in [0, 0.05) is 6.42 Å². The lowest BCUT2D eigenvalue weighted by Gasteiger charge is -2.30. The van der Waals surface area contributed by atoms with Gasteiger partial charge in [-0.15, -0.1) is 0 Å². The third-order valence-corrected chi connectivity index (χ3v) is 4.10. The van der Waals surface area contributed by atoms with Crippen molar-refractivity contribution in [3.05, 3.63) is 0 Å². The number of amides is 1. The number of nitrogens with one attached hydrogen (secondary N) is 1. The molecule has 0 radical (unpaired) electrons. The lowest BCUT2D eigenvalue weighted by atomic mass is 10.1. The molecule has 136 valence electrons. The topological polar surface area (TPSA) is 69.2 Å². The van der Waals surface area contributed by atoms with Gasteiger partial charge in [0.1, 0.15) is 6.54 Å². The lowest BCUT2D eigenvalue weighted by Crippen LogP contribution is -2.51. The van der Waals surface area contributed by atoms with Gasteiger partial charge in [-0.1, -0.05) is 58.3 Å². The zero-order chi connectivity index (χ0) is 17.6. The number of rotatable bonds is 15. The Kier molecular flexibility index (Phi) is 12.7. The second-order valence-electron chi connectivity index (χ2n) is 7.12. The Bertz CT molecular complexity index is 330. The van der Waals surface area contributed by atoms with E-state index in [1.165, 1.54) is 44.9 Å². The van der Waals surface area contributed by atoms with Gasteiger partial charge < -0.3 is 19.7 Å². The Hall–Kier alpha value is -1.10. The number of quaternary nitrogens is 1. The van der Waals surface area contributed by atoms with Crippen molar-refractivity contribution in [3.8, 4) is 0 Å². The second kappa shape index (κ2) is 13.3. The highest BCUT2D eigenvalue weighted by molar-refractivity contribution is 5.75. The molecule has 0 unspecified atom stereocenters. The largest absolute Gasteiger partial charge is 0.544 e. The molecule has 5 heteroatoms. The van der Waals surface area contributed by atoms with Gasteiger partial charge in [0.25, 0.3) is 0 Å². The predicted octanol–water partition coefficient (Wildman–Crippen LogP) is 1.85. The van der Waals surface area contributed by atoms with Crippen LogP contribution in [-0.4, -0.2) is 50.1 Å². The Morgan fingerprint density at radius 2 is 1.43 bits per heavy atom. The van der Waals surface area contributed by atoms with Crippen LogP contribution in [0.15, 0.2) is 0 Å². The normalized spacial score (nSPS) is 11.4.